The molecule has 1 aliphatic heterocycles. The SMILES string of the molecule is COc1ccc2c(c1)C(O)C(N1CCCC(C)CC1)C2. The van der Waals surface area contributed by atoms with Crippen molar-refractivity contribution in [1.29, 1.82) is 0 Å². The summed E-state index contributed by atoms with van der Waals surface area (Å²) in [6.45, 7) is 4.58. The van der Waals surface area contributed by atoms with Gasteiger partial charge in [-0.1, -0.05) is 13.0 Å². The highest BCUT2D eigenvalue weighted by atomic mass is 16.5. The molecule has 0 bridgehead atoms. The molecule has 3 atom stereocenters. The van der Waals surface area contributed by atoms with E-state index in [4.69, 9.17) is 4.74 Å². The summed E-state index contributed by atoms with van der Waals surface area (Å²) in [4.78, 5) is 2.50. The van der Waals surface area contributed by atoms with Crippen LogP contribution < -0.4 is 4.74 Å². The van der Waals surface area contributed by atoms with E-state index in [1.807, 2.05) is 12.1 Å². The van der Waals surface area contributed by atoms with E-state index in [1.165, 1.54) is 24.8 Å². The average molecular weight is 275 g/mol. The first-order valence-corrected chi connectivity index (χ1v) is 7.78. The van der Waals surface area contributed by atoms with Crippen LogP contribution in [0.25, 0.3) is 0 Å². The lowest BCUT2D eigenvalue weighted by Gasteiger charge is -2.30. The number of aliphatic hydroxyl groups excluding tert-OH is 1. The third kappa shape index (κ3) is 2.57. The van der Waals surface area contributed by atoms with Crippen molar-refractivity contribution >= 4 is 0 Å². The molecule has 0 saturated carbocycles. The third-order valence-electron chi connectivity index (χ3n) is 4.99. The van der Waals surface area contributed by atoms with Crippen molar-refractivity contribution in [3.8, 4) is 5.75 Å². The maximum absolute atomic E-state index is 10.7. The third-order valence-corrected chi connectivity index (χ3v) is 4.99. The van der Waals surface area contributed by atoms with Crippen LogP contribution in [0.3, 0.4) is 0 Å². The van der Waals surface area contributed by atoms with E-state index >= 15 is 0 Å². The quantitative estimate of drug-likeness (QED) is 0.901. The summed E-state index contributed by atoms with van der Waals surface area (Å²) in [5, 5.41) is 10.7. The summed E-state index contributed by atoms with van der Waals surface area (Å²) in [6, 6.07) is 6.36. The van der Waals surface area contributed by atoms with Crippen molar-refractivity contribution in [1.82, 2.24) is 4.90 Å². The molecule has 3 heteroatoms. The summed E-state index contributed by atoms with van der Waals surface area (Å²) in [5.41, 5.74) is 2.34. The molecule has 110 valence electrons. The van der Waals surface area contributed by atoms with Gasteiger partial charge in [0.05, 0.1) is 13.2 Å². The number of nitrogens with zero attached hydrogens (tertiary/aromatic N) is 1. The fourth-order valence-corrected chi connectivity index (χ4v) is 3.65. The minimum Gasteiger partial charge on any atom is -0.497 e. The molecule has 1 fully saturated rings. The fraction of sp³-hybridized carbons (Fsp3) is 0.647. The first-order valence-electron chi connectivity index (χ1n) is 7.78. The number of hydrogen-bond donors (Lipinski definition) is 1. The first-order chi connectivity index (χ1) is 9.69. The van der Waals surface area contributed by atoms with Crippen molar-refractivity contribution in [3.05, 3.63) is 29.3 Å². The van der Waals surface area contributed by atoms with Crippen LogP contribution in [0.15, 0.2) is 18.2 Å². The van der Waals surface area contributed by atoms with Crippen molar-refractivity contribution in [2.24, 2.45) is 5.92 Å². The summed E-state index contributed by atoms with van der Waals surface area (Å²) in [7, 11) is 1.68. The predicted molar refractivity (Wildman–Crippen MR) is 80.0 cm³/mol. The minimum atomic E-state index is -0.367. The van der Waals surface area contributed by atoms with Gasteiger partial charge in [0.15, 0.2) is 0 Å². The van der Waals surface area contributed by atoms with E-state index in [9.17, 15) is 5.11 Å². The van der Waals surface area contributed by atoms with Crippen LogP contribution in [0.2, 0.25) is 0 Å². The summed E-state index contributed by atoms with van der Waals surface area (Å²) in [5.74, 6) is 1.66. The highest BCUT2D eigenvalue weighted by Crippen LogP contribution is 2.37. The lowest BCUT2D eigenvalue weighted by molar-refractivity contribution is 0.0620. The van der Waals surface area contributed by atoms with Gasteiger partial charge in [-0.2, -0.15) is 0 Å². The molecule has 20 heavy (non-hydrogen) atoms. The second-order valence-corrected chi connectivity index (χ2v) is 6.35. The van der Waals surface area contributed by atoms with Gasteiger partial charge >= 0.3 is 0 Å². The van der Waals surface area contributed by atoms with Crippen LogP contribution >= 0.6 is 0 Å². The average Bonchev–Trinajstić information content (AvgIpc) is 2.64. The summed E-state index contributed by atoms with van der Waals surface area (Å²) < 4.78 is 5.28. The van der Waals surface area contributed by atoms with Gasteiger partial charge in [0.2, 0.25) is 0 Å². The lowest BCUT2D eigenvalue weighted by atomic mass is 10.0. The molecule has 3 unspecified atom stereocenters. The number of aliphatic hydroxyl groups is 1. The van der Waals surface area contributed by atoms with E-state index in [-0.39, 0.29) is 12.1 Å². The molecule has 0 aromatic heterocycles. The fourth-order valence-electron chi connectivity index (χ4n) is 3.65. The Morgan fingerprint density at radius 3 is 2.90 bits per heavy atom. The van der Waals surface area contributed by atoms with Crippen molar-refractivity contribution in [3.63, 3.8) is 0 Å². The van der Waals surface area contributed by atoms with Crippen LogP contribution in [0.1, 0.15) is 43.4 Å². The van der Waals surface area contributed by atoms with E-state index in [0.29, 0.717) is 0 Å². The number of methoxy groups -OCH3 is 1. The number of hydrogen-bond acceptors (Lipinski definition) is 3. The highest BCUT2D eigenvalue weighted by Gasteiger charge is 2.35. The van der Waals surface area contributed by atoms with Gasteiger partial charge in [0.25, 0.3) is 0 Å². The van der Waals surface area contributed by atoms with Gasteiger partial charge in [-0.05, 0) is 68.0 Å². The number of ether oxygens (including phenoxy) is 1. The largest absolute Gasteiger partial charge is 0.497 e. The van der Waals surface area contributed by atoms with Gasteiger partial charge in [-0.15, -0.1) is 0 Å². The number of rotatable bonds is 2. The standard InChI is InChI=1S/C17H25NO2/c1-12-4-3-8-18(9-7-12)16-10-13-5-6-14(20-2)11-15(13)17(16)19/h5-6,11-12,16-17,19H,3-4,7-10H2,1-2H3. The van der Waals surface area contributed by atoms with Crippen LogP contribution in [0.4, 0.5) is 0 Å². The topological polar surface area (TPSA) is 32.7 Å². The Kier molecular flexibility index (Phi) is 3.99. The zero-order chi connectivity index (χ0) is 14.1. The molecule has 2 aliphatic rings. The number of fused-ring (bicyclic) bond motifs is 1. The normalized spacial score (nSPS) is 30.9. The van der Waals surface area contributed by atoms with E-state index in [2.05, 4.69) is 17.9 Å². The number of likely N-dealkylation sites (tertiary alicyclic amines) is 1. The Morgan fingerprint density at radius 1 is 1.25 bits per heavy atom. The molecule has 1 N–H and O–H groups in total. The van der Waals surface area contributed by atoms with Crippen molar-refractivity contribution in [2.45, 2.75) is 44.8 Å². The van der Waals surface area contributed by atoms with Gasteiger partial charge in [0, 0.05) is 6.04 Å². The second kappa shape index (κ2) is 5.74. The molecular weight excluding hydrogens is 250 g/mol. The molecule has 0 amide bonds. The number of benzene rings is 1. The van der Waals surface area contributed by atoms with Gasteiger partial charge in [0.1, 0.15) is 5.75 Å². The van der Waals surface area contributed by atoms with Crippen molar-refractivity contribution in [2.75, 3.05) is 20.2 Å². The monoisotopic (exact) mass is 275 g/mol. The maximum Gasteiger partial charge on any atom is 0.119 e. The van der Waals surface area contributed by atoms with E-state index in [0.717, 1.165) is 36.7 Å². The Labute approximate surface area is 121 Å². The molecule has 3 rings (SSSR count). The second-order valence-electron chi connectivity index (χ2n) is 6.35. The molecular formula is C17H25NO2. The van der Waals surface area contributed by atoms with Gasteiger partial charge < -0.3 is 9.84 Å². The Hall–Kier alpha value is -1.06. The highest BCUT2D eigenvalue weighted by molar-refractivity contribution is 5.41. The molecule has 1 aromatic carbocycles. The zero-order valence-electron chi connectivity index (χ0n) is 12.5. The molecule has 1 aliphatic carbocycles. The first kappa shape index (κ1) is 13.9. The van der Waals surface area contributed by atoms with Gasteiger partial charge in [-0.3, -0.25) is 4.90 Å². The van der Waals surface area contributed by atoms with Crippen LogP contribution in [0, 0.1) is 5.92 Å². The summed E-state index contributed by atoms with van der Waals surface area (Å²) >= 11 is 0. The minimum absolute atomic E-state index is 0.252. The molecule has 0 spiro atoms. The maximum atomic E-state index is 10.7. The van der Waals surface area contributed by atoms with Crippen LogP contribution in [-0.2, 0) is 6.42 Å². The molecule has 3 nitrogen and oxygen atoms in total. The lowest BCUT2D eigenvalue weighted by Crippen LogP contribution is -2.39. The van der Waals surface area contributed by atoms with E-state index in [1.54, 1.807) is 7.11 Å². The smallest absolute Gasteiger partial charge is 0.119 e. The predicted octanol–water partition coefficient (Wildman–Crippen LogP) is 2.78. The zero-order valence-corrected chi connectivity index (χ0v) is 12.5. The Balaban J connectivity index is 1.77. The van der Waals surface area contributed by atoms with E-state index < -0.39 is 0 Å². The van der Waals surface area contributed by atoms with Crippen LogP contribution in [-0.4, -0.2) is 36.2 Å². The van der Waals surface area contributed by atoms with Crippen LogP contribution in [0.5, 0.6) is 5.75 Å². The Morgan fingerprint density at radius 2 is 2.10 bits per heavy atom. The molecule has 0 radical (unpaired) electrons. The van der Waals surface area contributed by atoms with Crippen molar-refractivity contribution < 1.29 is 9.84 Å². The molecule has 1 saturated heterocycles. The summed E-state index contributed by atoms with van der Waals surface area (Å²) in [6.07, 6.45) is 4.43. The Bertz CT molecular complexity index is 474. The molecule has 1 aromatic rings. The molecule has 1 heterocycles. The van der Waals surface area contributed by atoms with Gasteiger partial charge in [-0.25, -0.2) is 0 Å².